The predicted molar refractivity (Wildman–Crippen MR) is 109 cm³/mol. The van der Waals surface area contributed by atoms with Crippen molar-refractivity contribution in [2.75, 3.05) is 25.0 Å². The van der Waals surface area contributed by atoms with Gasteiger partial charge < -0.3 is 15.8 Å². The van der Waals surface area contributed by atoms with Gasteiger partial charge in [0.1, 0.15) is 17.6 Å². The highest BCUT2D eigenvalue weighted by atomic mass is 19.1. The fourth-order valence-corrected chi connectivity index (χ4v) is 3.21. The van der Waals surface area contributed by atoms with E-state index in [1.54, 1.807) is 26.8 Å². The van der Waals surface area contributed by atoms with Crippen molar-refractivity contribution >= 4 is 23.6 Å². The monoisotopic (exact) mass is 434 g/mol. The van der Waals surface area contributed by atoms with E-state index >= 15 is 0 Å². The van der Waals surface area contributed by atoms with E-state index in [-0.39, 0.29) is 31.6 Å². The van der Waals surface area contributed by atoms with E-state index < -0.39 is 35.1 Å². The lowest BCUT2D eigenvalue weighted by molar-refractivity contribution is -0.134. The summed E-state index contributed by atoms with van der Waals surface area (Å²) in [5.74, 6) is -0.751. The zero-order valence-corrected chi connectivity index (χ0v) is 18.0. The summed E-state index contributed by atoms with van der Waals surface area (Å²) < 4.78 is 19.7. The molecule has 2 amide bonds. The van der Waals surface area contributed by atoms with E-state index in [1.807, 2.05) is 6.07 Å². The first-order valence-corrected chi connectivity index (χ1v) is 9.74. The Bertz CT molecular complexity index is 879. The molecule has 0 bridgehead atoms. The topological polar surface area (TPSA) is 142 Å². The lowest BCUT2D eigenvalue weighted by Gasteiger charge is -2.39. The predicted octanol–water partition coefficient (Wildman–Crippen LogP) is 1.64. The number of primary amides is 1. The van der Waals surface area contributed by atoms with Crippen LogP contribution in [-0.4, -0.2) is 69.7 Å². The summed E-state index contributed by atoms with van der Waals surface area (Å²) in [6.07, 6.45) is -1.28. The molecule has 2 heterocycles. The fraction of sp³-hybridized carbons (Fsp3) is 0.550. The summed E-state index contributed by atoms with van der Waals surface area (Å²) in [5, 5.41) is 14.9. The first kappa shape index (κ1) is 24.0. The number of anilines is 1. The first-order valence-electron chi connectivity index (χ1n) is 9.74. The number of halogens is 1. The quantitative estimate of drug-likeness (QED) is 0.660. The second-order valence-electron chi connectivity index (χ2n) is 8.24. The van der Waals surface area contributed by atoms with Crippen LogP contribution < -0.4 is 11.1 Å². The molecule has 2 atom stereocenters. The molecule has 0 saturated carbocycles. The maximum Gasteiger partial charge on any atom is 0.425 e. The molecular formula is C20H27FN6O4. The van der Waals surface area contributed by atoms with Crippen LogP contribution in [0.15, 0.2) is 18.3 Å². The van der Waals surface area contributed by atoms with Gasteiger partial charge in [-0.05, 0) is 39.8 Å². The zero-order valence-electron chi connectivity index (χ0n) is 18.0. The van der Waals surface area contributed by atoms with Gasteiger partial charge >= 0.3 is 6.09 Å². The van der Waals surface area contributed by atoms with Gasteiger partial charge in [-0.1, -0.05) is 0 Å². The molecule has 11 heteroatoms. The highest BCUT2D eigenvalue weighted by Gasteiger charge is 2.54. The Morgan fingerprint density at radius 3 is 2.61 bits per heavy atom. The van der Waals surface area contributed by atoms with Crippen molar-refractivity contribution in [1.82, 2.24) is 15.0 Å². The van der Waals surface area contributed by atoms with E-state index in [2.05, 4.69) is 10.3 Å². The van der Waals surface area contributed by atoms with Gasteiger partial charge in [0, 0.05) is 19.2 Å². The molecule has 1 aromatic heterocycles. The number of nitrogens with one attached hydrogen (secondary N) is 1. The zero-order chi connectivity index (χ0) is 23.4. The average Bonchev–Trinajstić information content (AvgIpc) is 3.01. The minimum atomic E-state index is -1.79. The summed E-state index contributed by atoms with van der Waals surface area (Å²) in [6, 6.07) is 4.93. The normalized spacial score (nSPS) is 21.2. The summed E-state index contributed by atoms with van der Waals surface area (Å²) in [7, 11) is 0. The molecule has 1 saturated heterocycles. The van der Waals surface area contributed by atoms with Gasteiger partial charge in [-0.3, -0.25) is 9.59 Å². The van der Waals surface area contributed by atoms with E-state index in [4.69, 9.17) is 10.5 Å². The van der Waals surface area contributed by atoms with Gasteiger partial charge in [-0.15, -0.1) is 0 Å². The first-order chi connectivity index (χ1) is 14.4. The minimum absolute atomic E-state index is 0.0302. The second kappa shape index (κ2) is 9.26. The largest absolute Gasteiger partial charge is 0.443 e. The highest BCUT2D eigenvalue weighted by Crippen LogP contribution is 2.34. The van der Waals surface area contributed by atoms with Gasteiger partial charge in [0.25, 0.3) is 0 Å². The third kappa shape index (κ3) is 5.67. The number of aromatic nitrogens is 1. The van der Waals surface area contributed by atoms with E-state index in [0.717, 1.165) is 10.0 Å². The highest BCUT2D eigenvalue weighted by molar-refractivity contribution is 5.92. The molecule has 1 aromatic rings. The Kier molecular flexibility index (Phi) is 7.17. The molecule has 0 aliphatic carbocycles. The third-order valence-electron chi connectivity index (χ3n) is 4.67. The Morgan fingerprint density at radius 1 is 1.45 bits per heavy atom. The van der Waals surface area contributed by atoms with Crippen LogP contribution in [0.4, 0.5) is 15.0 Å². The van der Waals surface area contributed by atoms with Crippen molar-refractivity contribution in [3.8, 4) is 6.07 Å². The summed E-state index contributed by atoms with van der Waals surface area (Å²) in [6.45, 7) is 6.05. The Balaban J connectivity index is 2.22. The lowest BCUT2D eigenvalue weighted by Crippen LogP contribution is -2.60. The Hall–Kier alpha value is -3.26. The molecule has 2 rings (SSSR count). The molecule has 168 valence electrons. The van der Waals surface area contributed by atoms with Gasteiger partial charge in [-0.2, -0.15) is 10.3 Å². The third-order valence-corrected chi connectivity index (χ3v) is 4.67. The maximum absolute atomic E-state index is 14.3. The number of rotatable bonds is 7. The molecule has 3 N–H and O–H groups in total. The SMILES string of the molecule is CC(=O)C1(C#N)CC(F)CN1N(CCNc1ccc(C(N)=O)cn1)C(=O)OC(C)(C)C. The number of hydrogen-bond donors (Lipinski definition) is 2. The molecule has 1 aliphatic rings. The second-order valence-corrected chi connectivity index (χ2v) is 8.24. The number of nitrogens with two attached hydrogens (primary N) is 1. The van der Waals surface area contributed by atoms with Crippen molar-refractivity contribution in [2.45, 2.75) is 51.4 Å². The standard InChI is InChI=1S/C20H27FN6O4/c1-13(28)20(12-22)9-15(21)11-27(20)26(18(30)31-19(2,3)4)8-7-24-16-6-5-14(10-25-16)17(23)29/h5-6,10,15H,7-9,11H2,1-4H3,(H2,23,29)(H,24,25). The number of hydrazine groups is 1. The van der Waals surface area contributed by atoms with Crippen molar-refractivity contribution < 1.29 is 23.5 Å². The molecule has 2 unspecified atom stereocenters. The fourth-order valence-electron chi connectivity index (χ4n) is 3.21. The van der Waals surface area contributed by atoms with Crippen LogP contribution in [0.5, 0.6) is 0 Å². The smallest absolute Gasteiger partial charge is 0.425 e. The molecule has 0 spiro atoms. The molecule has 31 heavy (non-hydrogen) atoms. The summed E-state index contributed by atoms with van der Waals surface area (Å²) in [4.78, 5) is 40.3. The molecule has 1 fully saturated rings. The number of ketones is 1. The van der Waals surface area contributed by atoms with Gasteiger partial charge in [0.05, 0.1) is 24.7 Å². The average molecular weight is 434 g/mol. The minimum Gasteiger partial charge on any atom is -0.443 e. The number of nitriles is 1. The van der Waals surface area contributed by atoms with Crippen LogP contribution in [-0.2, 0) is 9.53 Å². The van der Waals surface area contributed by atoms with Crippen molar-refractivity contribution in [3.63, 3.8) is 0 Å². The summed E-state index contributed by atoms with van der Waals surface area (Å²) >= 11 is 0. The van der Waals surface area contributed by atoms with Crippen molar-refractivity contribution in [3.05, 3.63) is 23.9 Å². The van der Waals surface area contributed by atoms with Gasteiger partial charge in [0.2, 0.25) is 5.91 Å². The number of alkyl halides is 1. The van der Waals surface area contributed by atoms with E-state index in [9.17, 15) is 24.0 Å². The number of carbonyl (C=O) groups excluding carboxylic acids is 3. The van der Waals surface area contributed by atoms with Gasteiger partial charge in [0.15, 0.2) is 11.3 Å². The number of Topliss-reactive ketones (excluding diaryl/α,β-unsaturated/α-hetero) is 1. The number of pyridine rings is 1. The molecule has 0 radical (unpaired) electrons. The molecule has 0 aromatic carbocycles. The van der Waals surface area contributed by atoms with E-state index in [1.165, 1.54) is 19.2 Å². The van der Waals surface area contributed by atoms with Crippen molar-refractivity contribution in [2.24, 2.45) is 5.73 Å². The lowest BCUT2D eigenvalue weighted by atomic mass is 9.94. The van der Waals surface area contributed by atoms with Crippen LogP contribution in [0.25, 0.3) is 0 Å². The number of carbonyl (C=O) groups is 3. The number of amides is 2. The van der Waals surface area contributed by atoms with Crippen LogP contribution in [0.1, 0.15) is 44.5 Å². The number of ether oxygens (including phenoxy) is 1. The molecule has 1 aliphatic heterocycles. The van der Waals surface area contributed by atoms with Crippen LogP contribution in [0.2, 0.25) is 0 Å². The Labute approximate surface area is 180 Å². The van der Waals surface area contributed by atoms with E-state index in [0.29, 0.717) is 5.82 Å². The Morgan fingerprint density at radius 2 is 2.13 bits per heavy atom. The van der Waals surface area contributed by atoms with Gasteiger partial charge in [-0.25, -0.2) is 19.2 Å². The maximum atomic E-state index is 14.3. The number of nitrogens with zero attached hydrogens (tertiary/aromatic N) is 4. The molecule has 10 nitrogen and oxygen atoms in total. The van der Waals surface area contributed by atoms with Crippen LogP contribution >= 0.6 is 0 Å². The molecular weight excluding hydrogens is 407 g/mol. The number of hydrogen-bond acceptors (Lipinski definition) is 8. The van der Waals surface area contributed by atoms with Crippen LogP contribution in [0, 0.1) is 11.3 Å². The summed E-state index contributed by atoms with van der Waals surface area (Å²) in [5.41, 5.74) is 2.79. The van der Waals surface area contributed by atoms with Crippen LogP contribution in [0.3, 0.4) is 0 Å². The van der Waals surface area contributed by atoms with Crippen molar-refractivity contribution in [1.29, 1.82) is 5.26 Å².